The zero-order valence-electron chi connectivity index (χ0n) is 3.82. The SMILES string of the molecule is CNC(=O)[O-].[Na+]. The van der Waals surface area contributed by atoms with Crippen LogP contribution in [-0.2, 0) is 0 Å². The van der Waals surface area contributed by atoms with E-state index < -0.39 is 6.09 Å². The molecule has 0 radical (unpaired) electrons. The van der Waals surface area contributed by atoms with Crippen LogP contribution in [0.2, 0.25) is 0 Å². The van der Waals surface area contributed by atoms with E-state index in [1.807, 2.05) is 5.32 Å². The maximum Gasteiger partial charge on any atom is 1.00 e. The second-order valence-corrected chi connectivity index (χ2v) is 0.537. The van der Waals surface area contributed by atoms with Gasteiger partial charge in [0.1, 0.15) is 6.09 Å². The average Bonchev–Trinajstić information content (AvgIpc) is 1.38. The minimum Gasteiger partial charge on any atom is -0.530 e. The van der Waals surface area contributed by atoms with E-state index in [4.69, 9.17) is 9.90 Å². The Bertz CT molecular complexity index is 46.8. The number of carboxylic acid groups (broad SMARTS) is 1. The number of amides is 1. The van der Waals surface area contributed by atoms with Crippen LogP contribution in [0.5, 0.6) is 0 Å². The molecule has 0 unspecified atom stereocenters. The van der Waals surface area contributed by atoms with Crippen LogP contribution in [0.3, 0.4) is 0 Å². The molecule has 0 fully saturated rings. The molecule has 0 aromatic carbocycles. The number of rotatable bonds is 0. The molecule has 0 rings (SSSR count). The van der Waals surface area contributed by atoms with Crippen LogP contribution in [0.1, 0.15) is 0 Å². The first kappa shape index (κ1) is 9.55. The quantitative estimate of drug-likeness (QED) is 0.310. The Kier molecular flexibility index (Phi) is 8.39. The van der Waals surface area contributed by atoms with Gasteiger partial charge >= 0.3 is 29.6 Å². The van der Waals surface area contributed by atoms with Gasteiger partial charge in [-0.25, -0.2) is 0 Å². The predicted molar refractivity (Wildman–Crippen MR) is 14.5 cm³/mol. The second kappa shape index (κ2) is 5.27. The van der Waals surface area contributed by atoms with Crippen LogP contribution in [0.4, 0.5) is 4.79 Å². The third-order valence-electron chi connectivity index (χ3n) is 0.204. The summed E-state index contributed by atoms with van der Waals surface area (Å²) in [7, 11) is 1.29. The van der Waals surface area contributed by atoms with Gasteiger partial charge in [0.25, 0.3) is 0 Å². The summed E-state index contributed by atoms with van der Waals surface area (Å²) in [5.74, 6) is 0. The van der Waals surface area contributed by atoms with Gasteiger partial charge in [-0.15, -0.1) is 0 Å². The van der Waals surface area contributed by atoms with Crippen LogP contribution in [0.25, 0.3) is 0 Å². The monoisotopic (exact) mass is 97.0 g/mol. The Hall–Kier alpha value is 0.270. The molecule has 1 N–H and O–H groups in total. The number of hydrogen-bond acceptors (Lipinski definition) is 2. The van der Waals surface area contributed by atoms with Gasteiger partial charge in [-0.1, -0.05) is 0 Å². The van der Waals surface area contributed by atoms with Crippen molar-refractivity contribution in [2.75, 3.05) is 7.05 Å². The topological polar surface area (TPSA) is 52.2 Å². The van der Waals surface area contributed by atoms with E-state index in [0.29, 0.717) is 0 Å². The van der Waals surface area contributed by atoms with Crippen molar-refractivity contribution in [2.45, 2.75) is 0 Å². The molecule has 0 aliphatic rings. The van der Waals surface area contributed by atoms with Crippen molar-refractivity contribution >= 4 is 6.09 Å². The molecule has 3 nitrogen and oxygen atoms in total. The Balaban J connectivity index is 0. The summed E-state index contributed by atoms with van der Waals surface area (Å²) in [4.78, 5) is 9.15. The molecule has 0 spiro atoms. The molecular weight excluding hydrogens is 93.0 g/mol. The van der Waals surface area contributed by atoms with Gasteiger partial charge < -0.3 is 15.2 Å². The molecule has 0 aliphatic heterocycles. The molecule has 30 valence electrons. The number of carbonyl (C=O) groups excluding carboxylic acids is 1. The molecule has 0 bridgehead atoms. The second-order valence-electron chi connectivity index (χ2n) is 0.537. The maximum absolute atomic E-state index is 9.15. The Morgan fingerprint density at radius 1 is 1.83 bits per heavy atom. The molecule has 4 heteroatoms. The van der Waals surface area contributed by atoms with Crippen molar-refractivity contribution in [1.82, 2.24) is 5.32 Å². The van der Waals surface area contributed by atoms with Crippen molar-refractivity contribution < 1.29 is 39.5 Å². The number of hydrogen-bond donors (Lipinski definition) is 1. The molecule has 0 heterocycles. The molecule has 0 aromatic heterocycles. The smallest absolute Gasteiger partial charge is 0.530 e. The van der Waals surface area contributed by atoms with Gasteiger partial charge in [0, 0.05) is 7.05 Å². The first-order chi connectivity index (χ1) is 2.27. The Morgan fingerprint density at radius 3 is 2.00 bits per heavy atom. The van der Waals surface area contributed by atoms with Gasteiger partial charge in [-0.2, -0.15) is 0 Å². The molecule has 6 heavy (non-hydrogen) atoms. The molecule has 0 atom stereocenters. The first-order valence-corrected chi connectivity index (χ1v) is 1.16. The van der Waals surface area contributed by atoms with E-state index in [1.54, 1.807) is 0 Å². The molecule has 0 saturated heterocycles. The van der Waals surface area contributed by atoms with E-state index in [0.717, 1.165) is 0 Å². The van der Waals surface area contributed by atoms with Gasteiger partial charge in [-0.3, -0.25) is 0 Å². The summed E-state index contributed by atoms with van der Waals surface area (Å²) in [6, 6.07) is 0. The average molecular weight is 97.0 g/mol. The fourth-order valence-electron chi connectivity index (χ4n) is 0. The predicted octanol–water partition coefficient (Wildman–Crippen LogP) is -4.45. The van der Waals surface area contributed by atoms with Crippen LogP contribution in [0, 0.1) is 0 Å². The fraction of sp³-hybridized carbons (Fsp3) is 0.500. The van der Waals surface area contributed by atoms with E-state index in [1.165, 1.54) is 7.05 Å². The summed E-state index contributed by atoms with van der Waals surface area (Å²) in [5.41, 5.74) is 0. The van der Waals surface area contributed by atoms with Crippen LogP contribution in [-0.4, -0.2) is 13.1 Å². The van der Waals surface area contributed by atoms with Crippen molar-refractivity contribution in [2.24, 2.45) is 0 Å². The van der Waals surface area contributed by atoms with Crippen LogP contribution in [0.15, 0.2) is 0 Å². The standard InChI is InChI=1S/C2H5NO2.Na/c1-3-2(4)5;/h3H,1H3,(H,4,5);/q;+1/p-1. The van der Waals surface area contributed by atoms with E-state index in [9.17, 15) is 0 Å². The van der Waals surface area contributed by atoms with Crippen molar-refractivity contribution in [3.63, 3.8) is 0 Å². The molecule has 0 saturated carbocycles. The summed E-state index contributed by atoms with van der Waals surface area (Å²) in [5, 5.41) is 11.0. The van der Waals surface area contributed by atoms with Gasteiger partial charge in [0.15, 0.2) is 0 Å². The zero-order valence-corrected chi connectivity index (χ0v) is 5.82. The third kappa shape index (κ3) is 8.86. The number of nitrogens with one attached hydrogen (secondary N) is 1. The van der Waals surface area contributed by atoms with Gasteiger partial charge in [0.05, 0.1) is 0 Å². The minimum atomic E-state index is -1.25. The summed E-state index contributed by atoms with van der Waals surface area (Å²) in [6.07, 6.45) is -1.25. The van der Waals surface area contributed by atoms with E-state index in [-0.39, 0.29) is 29.6 Å². The number of carbonyl (C=O) groups is 1. The summed E-state index contributed by atoms with van der Waals surface area (Å²) >= 11 is 0. The molecule has 1 amide bonds. The van der Waals surface area contributed by atoms with Crippen LogP contribution >= 0.6 is 0 Å². The van der Waals surface area contributed by atoms with Crippen molar-refractivity contribution in [3.05, 3.63) is 0 Å². The molecule has 0 aromatic rings. The Morgan fingerprint density at radius 2 is 2.00 bits per heavy atom. The largest absolute Gasteiger partial charge is 1.00 e. The summed E-state index contributed by atoms with van der Waals surface area (Å²) in [6.45, 7) is 0. The van der Waals surface area contributed by atoms with Gasteiger partial charge in [0.2, 0.25) is 0 Å². The van der Waals surface area contributed by atoms with E-state index in [2.05, 4.69) is 0 Å². The van der Waals surface area contributed by atoms with Crippen molar-refractivity contribution in [3.8, 4) is 0 Å². The van der Waals surface area contributed by atoms with Crippen LogP contribution < -0.4 is 40.0 Å². The first-order valence-electron chi connectivity index (χ1n) is 1.16. The zero-order chi connectivity index (χ0) is 4.28. The maximum atomic E-state index is 9.15. The summed E-state index contributed by atoms with van der Waals surface area (Å²) < 4.78 is 0. The Labute approximate surface area is 58.0 Å². The molecular formula is C2H4NNaO2. The van der Waals surface area contributed by atoms with Gasteiger partial charge in [-0.05, 0) is 0 Å². The fourth-order valence-corrected chi connectivity index (χ4v) is 0. The van der Waals surface area contributed by atoms with E-state index >= 15 is 0 Å². The normalized spacial score (nSPS) is 5.50. The molecule has 0 aliphatic carbocycles. The van der Waals surface area contributed by atoms with Crippen molar-refractivity contribution in [1.29, 1.82) is 0 Å². The minimum absolute atomic E-state index is 0. The third-order valence-corrected chi connectivity index (χ3v) is 0.204.